The van der Waals surface area contributed by atoms with Gasteiger partial charge in [0.2, 0.25) is 0 Å². The molecule has 0 aromatic heterocycles. The molecule has 0 N–H and O–H groups in total. The van der Waals surface area contributed by atoms with E-state index in [2.05, 4.69) is 31.4 Å². The maximum absolute atomic E-state index is 2.48. The van der Waals surface area contributed by atoms with Gasteiger partial charge in [-0.3, -0.25) is 0 Å². The molecule has 0 aliphatic heterocycles. The summed E-state index contributed by atoms with van der Waals surface area (Å²) in [5, 5.41) is 0. The van der Waals surface area contributed by atoms with E-state index in [0.717, 1.165) is 0 Å². The van der Waals surface area contributed by atoms with Gasteiger partial charge in [0.15, 0.2) is 0 Å². The molecule has 151 valence electrons. The topological polar surface area (TPSA) is 0 Å². The standard InChI is InChI=1S/C24H49S/c1-3-5-7-9-11-13-14-15-16-18-20-22-24-25-23-21-19-17-12-10-8-6-4-2/h24H,3-23H2,1-2H3. The van der Waals surface area contributed by atoms with Crippen LogP contribution in [0.2, 0.25) is 0 Å². The third kappa shape index (κ3) is 24.4. The van der Waals surface area contributed by atoms with Crippen molar-refractivity contribution < 1.29 is 0 Å². The molecule has 0 saturated heterocycles. The van der Waals surface area contributed by atoms with E-state index in [1.54, 1.807) is 0 Å². The van der Waals surface area contributed by atoms with Crippen LogP contribution in [0.25, 0.3) is 0 Å². The zero-order valence-corrected chi connectivity index (χ0v) is 18.7. The minimum atomic E-state index is 1.33. The number of unbranched alkanes of at least 4 members (excludes halogenated alkanes) is 18. The third-order valence-electron chi connectivity index (χ3n) is 5.16. The Morgan fingerprint density at radius 1 is 0.440 bits per heavy atom. The van der Waals surface area contributed by atoms with Crippen molar-refractivity contribution >= 4 is 11.8 Å². The van der Waals surface area contributed by atoms with Crippen molar-refractivity contribution in [2.45, 2.75) is 142 Å². The van der Waals surface area contributed by atoms with Gasteiger partial charge in [-0.1, -0.05) is 129 Å². The summed E-state index contributed by atoms with van der Waals surface area (Å²) < 4.78 is 0. The molecule has 0 aromatic rings. The monoisotopic (exact) mass is 369 g/mol. The van der Waals surface area contributed by atoms with Gasteiger partial charge >= 0.3 is 0 Å². The molecule has 25 heavy (non-hydrogen) atoms. The van der Waals surface area contributed by atoms with Gasteiger partial charge < -0.3 is 0 Å². The first kappa shape index (κ1) is 25.4. The predicted octanol–water partition coefficient (Wildman–Crippen LogP) is 9.72. The second-order valence-electron chi connectivity index (χ2n) is 7.84. The van der Waals surface area contributed by atoms with Crippen LogP contribution in [0.5, 0.6) is 0 Å². The normalized spacial score (nSPS) is 11.3. The minimum absolute atomic E-state index is 1.33. The molecule has 0 atom stereocenters. The molecule has 0 amide bonds. The molecule has 0 saturated carbocycles. The Hall–Kier alpha value is 0.350. The smallest absolute Gasteiger partial charge is 0.0166 e. The highest BCUT2D eigenvalue weighted by atomic mass is 32.2. The summed E-state index contributed by atoms with van der Waals surface area (Å²) in [4.78, 5) is 0. The molecule has 0 aliphatic rings. The van der Waals surface area contributed by atoms with Crippen molar-refractivity contribution in [2.75, 3.05) is 5.75 Å². The highest BCUT2D eigenvalue weighted by Crippen LogP contribution is 2.17. The Balaban J connectivity index is 2.94. The van der Waals surface area contributed by atoms with Crippen LogP contribution in [0.1, 0.15) is 142 Å². The Morgan fingerprint density at radius 3 is 1.24 bits per heavy atom. The van der Waals surface area contributed by atoms with E-state index in [0.29, 0.717) is 0 Å². The minimum Gasteiger partial charge on any atom is -0.157 e. The van der Waals surface area contributed by atoms with Crippen LogP contribution < -0.4 is 0 Å². The average molecular weight is 370 g/mol. The molecule has 0 rings (SSSR count). The van der Waals surface area contributed by atoms with Gasteiger partial charge in [0.25, 0.3) is 0 Å². The summed E-state index contributed by atoms with van der Waals surface area (Å²) in [5.74, 6) is 3.84. The van der Waals surface area contributed by atoms with Crippen molar-refractivity contribution in [3.8, 4) is 0 Å². The first-order chi connectivity index (χ1) is 12.4. The third-order valence-corrected chi connectivity index (χ3v) is 6.15. The van der Waals surface area contributed by atoms with E-state index in [4.69, 9.17) is 0 Å². The largest absolute Gasteiger partial charge is 0.157 e. The van der Waals surface area contributed by atoms with Gasteiger partial charge in [-0.25, -0.2) is 0 Å². The Morgan fingerprint density at radius 2 is 0.800 bits per heavy atom. The van der Waals surface area contributed by atoms with Crippen LogP contribution in [-0.4, -0.2) is 5.75 Å². The summed E-state index contributed by atoms with van der Waals surface area (Å²) in [6, 6.07) is 0. The Bertz CT molecular complexity index is 192. The highest BCUT2D eigenvalue weighted by molar-refractivity contribution is 8.01. The molecule has 0 aromatic carbocycles. The van der Waals surface area contributed by atoms with Crippen molar-refractivity contribution in [1.29, 1.82) is 0 Å². The summed E-state index contributed by atoms with van der Waals surface area (Å²) in [7, 11) is 0. The lowest BCUT2D eigenvalue weighted by atomic mass is 10.1. The van der Waals surface area contributed by atoms with Gasteiger partial charge in [-0.15, -0.1) is 0 Å². The molecular weight excluding hydrogens is 320 g/mol. The fourth-order valence-electron chi connectivity index (χ4n) is 3.38. The molecule has 1 radical (unpaired) electrons. The average Bonchev–Trinajstić information content (AvgIpc) is 2.63. The lowest BCUT2D eigenvalue weighted by Crippen LogP contribution is -1.84. The van der Waals surface area contributed by atoms with Crippen LogP contribution in [0.15, 0.2) is 0 Å². The fourth-order valence-corrected chi connectivity index (χ4v) is 4.25. The summed E-state index contributed by atoms with van der Waals surface area (Å²) >= 11 is 2.08. The highest BCUT2D eigenvalue weighted by Gasteiger charge is 1.95. The molecule has 0 nitrogen and oxygen atoms in total. The van der Waals surface area contributed by atoms with Gasteiger partial charge in [0.05, 0.1) is 0 Å². The maximum atomic E-state index is 2.48. The second-order valence-corrected chi connectivity index (χ2v) is 8.91. The van der Waals surface area contributed by atoms with Gasteiger partial charge in [0.1, 0.15) is 0 Å². The number of thioether (sulfide) groups is 1. The SMILES string of the molecule is CCCCCCCCCCCCC[CH]SCCCCCCCCCC. The lowest BCUT2D eigenvalue weighted by molar-refractivity contribution is 0.550. The van der Waals surface area contributed by atoms with E-state index in [1.165, 1.54) is 134 Å². The Kier molecular flexibility index (Phi) is 24.7. The van der Waals surface area contributed by atoms with Gasteiger partial charge in [-0.2, -0.15) is 11.8 Å². The fraction of sp³-hybridized carbons (Fsp3) is 0.958. The van der Waals surface area contributed by atoms with E-state index in [-0.39, 0.29) is 0 Å². The molecule has 0 unspecified atom stereocenters. The molecule has 0 heterocycles. The first-order valence-electron chi connectivity index (χ1n) is 11.8. The van der Waals surface area contributed by atoms with Crippen molar-refractivity contribution in [3.05, 3.63) is 5.75 Å². The van der Waals surface area contributed by atoms with Crippen molar-refractivity contribution in [3.63, 3.8) is 0 Å². The number of hydrogen-bond acceptors (Lipinski definition) is 1. The van der Waals surface area contributed by atoms with Crippen LogP contribution in [-0.2, 0) is 0 Å². The molecule has 0 fully saturated rings. The van der Waals surface area contributed by atoms with Gasteiger partial charge in [-0.05, 0) is 18.6 Å². The predicted molar refractivity (Wildman–Crippen MR) is 120 cm³/mol. The number of rotatable bonds is 22. The lowest BCUT2D eigenvalue weighted by Gasteiger charge is -2.04. The van der Waals surface area contributed by atoms with Gasteiger partial charge in [0, 0.05) is 5.75 Å². The van der Waals surface area contributed by atoms with E-state index in [1.807, 2.05) is 0 Å². The molecule has 0 aliphatic carbocycles. The summed E-state index contributed by atoms with van der Waals surface area (Å²) in [5.41, 5.74) is 0. The van der Waals surface area contributed by atoms with Crippen LogP contribution >= 0.6 is 11.8 Å². The summed E-state index contributed by atoms with van der Waals surface area (Å²) in [6.07, 6.45) is 28.8. The van der Waals surface area contributed by atoms with E-state index >= 15 is 0 Å². The summed E-state index contributed by atoms with van der Waals surface area (Å²) in [6.45, 7) is 4.59. The molecular formula is C24H49S. The second kappa shape index (κ2) is 24.4. The van der Waals surface area contributed by atoms with Crippen LogP contribution in [0.3, 0.4) is 0 Å². The van der Waals surface area contributed by atoms with Crippen molar-refractivity contribution in [1.82, 2.24) is 0 Å². The first-order valence-corrected chi connectivity index (χ1v) is 12.9. The maximum Gasteiger partial charge on any atom is 0.0166 e. The molecule has 1 heteroatoms. The van der Waals surface area contributed by atoms with Crippen molar-refractivity contribution in [2.24, 2.45) is 0 Å². The number of hydrogen-bond donors (Lipinski definition) is 0. The molecule has 0 spiro atoms. The zero-order chi connectivity index (χ0) is 18.3. The quantitative estimate of drug-likeness (QED) is 0.171. The van der Waals surface area contributed by atoms with Crippen LogP contribution in [0.4, 0.5) is 0 Å². The van der Waals surface area contributed by atoms with Crippen LogP contribution in [0, 0.1) is 5.75 Å². The Labute approximate surface area is 165 Å². The van der Waals surface area contributed by atoms with E-state index in [9.17, 15) is 0 Å². The zero-order valence-electron chi connectivity index (χ0n) is 17.8. The molecule has 0 bridgehead atoms. The van der Waals surface area contributed by atoms with E-state index < -0.39 is 0 Å².